The van der Waals surface area contributed by atoms with Crippen molar-refractivity contribution < 1.29 is 14.3 Å². The van der Waals surface area contributed by atoms with Crippen LogP contribution in [0.1, 0.15) is 6.42 Å². The molecule has 1 unspecified atom stereocenters. The molecule has 0 aromatic heterocycles. The summed E-state index contributed by atoms with van der Waals surface area (Å²) in [5, 5.41) is 0. The van der Waals surface area contributed by atoms with Gasteiger partial charge in [0.25, 0.3) is 0 Å². The number of methoxy groups -OCH3 is 2. The molecule has 1 saturated heterocycles. The van der Waals surface area contributed by atoms with Crippen LogP contribution in [0, 0.1) is 0 Å². The molecule has 0 radical (unpaired) electrons. The third-order valence-electron chi connectivity index (χ3n) is 2.99. The highest BCUT2D eigenvalue weighted by molar-refractivity contribution is 5.75. The fourth-order valence-electron chi connectivity index (χ4n) is 1.99. The van der Waals surface area contributed by atoms with Crippen LogP contribution in [0.5, 0.6) is 0 Å². The summed E-state index contributed by atoms with van der Waals surface area (Å²) in [6.07, 6.45) is 1.08. The Bertz CT molecular complexity index is 223. The minimum absolute atomic E-state index is 0.202. The summed E-state index contributed by atoms with van der Waals surface area (Å²) in [6.45, 7) is 4.28. The van der Waals surface area contributed by atoms with E-state index in [1.165, 1.54) is 7.11 Å². The molecule has 0 N–H and O–H groups in total. The number of ether oxygens (including phenoxy) is 2. The lowest BCUT2D eigenvalue weighted by atomic mass is 10.2. The van der Waals surface area contributed by atoms with Crippen molar-refractivity contribution >= 4 is 5.97 Å². The predicted molar refractivity (Wildman–Crippen MR) is 61.4 cm³/mol. The SMILES string of the molecule is COCC(C(=O)OC)N1CCCN(C)CC1. The first-order chi connectivity index (χ1) is 7.69. The van der Waals surface area contributed by atoms with Gasteiger partial charge in [-0.3, -0.25) is 9.69 Å². The van der Waals surface area contributed by atoms with Crippen LogP contribution in [0.15, 0.2) is 0 Å². The van der Waals surface area contributed by atoms with Crippen LogP contribution in [0.2, 0.25) is 0 Å². The molecule has 1 fully saturated rings. The van der Waals surface area contributed by atoms with Crippen molar-refractivity contribution in [2.24, 2.45) is 0 Å². The van der Waals surface area contributed by atoms with Crippen LogP contribution in [0.25, 0.3) is 0 Å². The third-order valence-corrected chi connectivity index (χ3v) is 2.99. The second kappa shape index (κ2) is 6.83. The second-order valence-corrected chi connectivity index (χ2v) is 4.19. The molecule has 0 aromatic rings. The fourth-order valence-corrected chi connectivity index (χ4v) is 1.99. The molecule has 1 rings (SSSR count). The zero-order chi connectivity index (χ0) is 12.0. The molecular formula is C11H22N2O3. The predicted octanol–water partition coefficient (Wildman–Crippen LogP) is -0.188. The minimum Gasteiger partial charge on any atom is -0.468 e. The zero-order valence-corrected chi connectivity index (χ0v) is 10.4. The topological polar surface area (TPSA) is 42.0 Å². The molecule has 0 bridgehead atoms. The molecule has 5 heteroatoms. The van der Waals surface area contributed by atoms with E-state index >= 15 is 0 Å². The normalized spacial score (nSPS) is 21.4. The largest absolute Gasteiger partial charge is 0.468 e. The fraction of sp³-hybridized carbons (Fsp3) is 0.909. The lowest BCUT2D eigenvalue weighted by molar-refractivity contribution is -0.149. The third kappa shape index (κ3) is 3.73. The van der Waals surface area contributed by atoms with Crippen LogP contribution >= 0.6 is 0 Å². The first kappa shape index (κ1) is 13.4. The molecule has 94 valence electrons. The standard InChI is InChI=1S/C11H22N2O3/c1-12-5-4-6-13(8-7-12)10(9-15-2)11(14)16-3/h10H,4-9H2,1-3H3. The maximum Gasteiger partial charge on any atom is 0.325 e. The van der Waals surface area contributed by atoms with Crippen molar-refractivity contribution in [2.45, 2.75) is 12.5 Å². The first-order valence-electron chi connectivity index (χ1n) is 5.68. The number of nitrogens with zero attached hydrogens (tertiary/aromatic N) is 2. The summed E-state index contributed by atoms with van der Waals surface area (Å²) in [6, 6.07) is -0.263. The van der Waals surface area contributed by atoms with E-state index in [0.29, 0.717) is 6.61 Å². The molecule has 0 amide bonds. The number of esters is 1. The second-order valence-electron chi connectivity index (χ2n) is 4.19. The Morgan fingerprint density at radius 3 is 2.62 bits per heavy atom. The van der Waals surface area contributed by atoms with Gasteiger partial charge in [0.1, 0.15) is 6.04 Å². The van der Waals surface area contributed by atoms with Crippen LogP contribution in [-0.4, -0.2) is 75.9 Å². The zero-order valence-electron chi connectivity index (χ0n) is 10.4. The smallest absolute Gasteiger partial charge is 0.325 e. The average Bonchev–Trinajstić information content (AvgIpc) is 2.50. The molecule has 1 heterocycles. The summed E-state index contributed by atoms with van der Waals surface area (Å²) in [7, 11) is 5.14. The number of hydrogen-bond acceptors (Lipinski definition) is 5. The summed E-state index contributed by atoms with van der Waals surface area (Å²) < 4.78 is 9.90. The minimum atomic E-state index is -0.263. The Morgan fingerprint density at radius 2 is 2.00 bits per heavy atom. The molecule has 0 saturated carbocycles. The molecule has 0 aromatic carbocycles. The van der Waals surface area contributed by atoms with Crippen molar-refractivity contribution in [3.8, 4) is 0 Å². The Morgan fingerprint density at radius 1 is 1.25 bits per heavy atom. The van der Waals surface area contributed by atoms with Gasteiger partial charge in [-0.2, -0.15) is 0 Å². The van der Waals surface area contributed by atoms with Crippen molar-refractivity contribution in [1.82, 2.24) is 9.80 Å². The van der Waals surface area contributed by atoms with Gasteiger partial charge in [-0.1, -0.05) is 0 Å². The Labute approximate surface area is 97.3 Å². The van der Waals surface area contributed by atoms with Gasteiger partial charge in [0.05, 0.1) is 13.7 Å². The highest BCUT2D eigenvalue weighted by atomic mass is 16.5. The molecular weight excluding hydrogens is 208 g/mol. The lowest BCUT2D eigenvalue weighted by Crippen LogP contribution is -2.46. The number of likely N-dealkylation sites (N-methyl/N-ethyl adjacent to an activating group) is 1. The van der Waals surface area contributed by atoms with Crippen LogP contribution in [0.3, 0.4) is 0 Å². The number of carbonyl (C=O) groups is 1. The quantitative estimate of drug-likeness (QED) is 0.626. The number of hydrogen-bond donors (Lipinski definition) is 0. The highest BCUT2D eigenvalue weighted by Crippen LogP contribution is 2.08. The summed E-state index contributed by atoms with van der Waals surface area (Å²) in [5.41, 5.74) is 0. The van der Waals surface area contributed by atoms with Gasteiger partial charge in [-0.05, 0) is 20.0 Å². The van der Waals surface area contributed by atoms with Crippen LogP contribution < -0.4 is 0 Å². The van der Waals surface area contributed by atoms with E-state index in [0.717, 1.165) is 32.6 Å². The van der Waals surface area contributed by atoms with Gasteiger partial charge in [0, 0.05) is 26.7 Å². The Balaban J connectivity index is 2.58. The van der Waals surface area contributed by atoms with E-state index in [9.17, 15) is 4.79 Å². The van der Waals surface area contributed by atoms with Crippen molar-refractivity contribution in [3.05, 3.63) is 0 Å². The average molecular weight is 230 g/mol. The van der Waals surface area contributed by atoms with Crippen LogP contribution in [-0.2, 0) is 14.3 Å². The number of rotatable bonds is 4. The van der Waals surface area contributed by atoms with Gasteiger partial charge < -0.3 is 14.4 Å². The molecule has 0 aliphatic carbocycles. The molecule has 1 aliphatic rings. The van der Waals surface area contributed by atoms with Crippen molar-refractivity contribution in [1.29, 1.82) is 0 Å². The van der Waals surface area contributed by atoms with Gasteiger partial charge in [-0.15, -0.1) is 0 Å². The lowest BCUT2D eigenvalue weighted by Gasteiger charge is -2.27. The molecule has 1 aliphatic heterocycles. The van der Waals surface area contributed by atoms with E-state index in [2.05, 4.69) is 16.8 Å². The maximum atomic E-state index is 11.6. The molecule has 1 atom stereocenters. The van der Waals surface area contributed by atoms with E-state index < -0.39 is 0 Å². The van der Waals surface area contributed by atoms with E-state index in [1.807, 2.05) is 0 Å². The van der Waals surface area contributed by atoms with Gasteiger partial charge in [0.2, 0.25) is 0 Å². The number of carbonyl (C=O) groups excluding carboxylic acids is 1. The van der Waals surface area contributed by atoms with E-state index in [1.54, 1.807) is 7.11 Å². The summed E-state index contributed by atoms with van der Waals surface area (Å²) >= 11 is 0. The molecule has 16 heavy (non-hydrogen) atoms. The van der Waals surface area contributed by atoms with E-state index in [-0.39, 0.29) is 12.0 Å². The van der Waals surface area contributed by atoms with Gasteiger partial charge >= 0.3 is 5.97 Å². The van der Waals surface area contributed by atoms with Crippen molar-refractivity contribution in [3.63, 3.8) is 0 Å². The Kier molecular flexibility index (Phi) is 5.73. The van der Waals surface area contributed by atoms with Gasteiger partial charge in [0.15, 0.2) is 0 Å². The van der Waals surface area contributed by atoms with Crippen LogP contribution in [0.4, 0.5) is 0 Å². The summed E-state index contributed by atoms with van der Waals surface area (Å²) in [5.74, 6) is -0.202. The highest BCUT2D eigenvalue weighted by Gasteiger charge is 2.27. The monoisotopic (exact) mass is 230 g/mol. The van der Waals surface area contributed by atoms with Gasteiger partial charge in [-0.25, -0.2) is 0 Å². The van der Waals surface area contributed by atoms with Crippen molar-refractivity contribution in [2.75, 3.05) is 54.1 Å². The van der Waals surface area contributed by atoms with E-state index in [4.69, 9.17) is 9.47 Å². The Hall–Kier alpha value is -0.650. The maximum absolute atomic E-state index is 11.6. The summed E-state index contributed by atoms with van der Waals surface area (Å²) in [4.78, 5) is 16.1. The molecule has 0 spiro atoms. The first-order valence-corrected chi connectivity index (χ1v) is 5.68. The molecule has 5 nitrogen and oxygen atoms in total.